The molecule has 0 aliphatic heterocycles. The van der Waals surface area contributed by atoms with E-state index in [1.807, 2.05) is 26.0 Å². The van der Waals surface area contributed by atoms with Crippen LogP contribution in [0.3, 0.4) is 0 Å². The van der Waals surface area contributed by atoms with Gasteiger partial charge in [-0.15, -0.1) is 0 Å². The van der Waals surface area contributed by atoms with Crippen molar-refractivity contribution in [1.82, 2.24) is 0 Å². The lowest BCUT2D eigenvalue weighted by atomic mass is 9.73. The smallest absolute Gasteiger partial charge is 0.166 e. The first-order valence-electron chi connectivity index (χ1n) is 8.42. The number of ketones is 1. The lowest BCUT2D eigenvalue weighted by molar-refractivity contribution is -0.118. The van der Waals surface area contributed by atoms with Crippen molar-refractivity contribution in [1.29, 1.82) is 0 Å². The van der Waals surface area contributed by atoms with Gasteiger partial charge in [0.05, 0.1) is 5.92 Å². The number of benzene rings is 1. The van der Waals surface area contributed by atoms with E-state index >= 15 is 0 Å². The van der Waals surface area contributed by atoms with Crippen LogP contribution in [0, 0.1) is 18.8 Å². The van der Waals surface area contributed by atoms with E-state index in [1.165, 1.54) is 0 Å². The van der Waals surface area contributed by atoms with Crippen molar-refractivity contribution in [3.63, 3.8) is 0 Å². The predicted molar refractivity (Wildman–Crippen MR) is 96.6 cm³/mol. The molecule has 0 heterocycles. The summed E-state index contributed by atoms with van der Waals surface area (Å²) < 4.78 is 0. The number of carbonyl (C=O) groups is 1. The fourth-order valence-corrected chi connectivity index (χ4v) is 3.54. The van der Waals surface area contributed by atoms with Gasteiger partial charge in [-0.3, -0.25) is 4.79 Å². The van der Waals surface area contributed by atoms with Gasteiger partial charge in [-0.25, -0.2) is 0 Å². The normalized spacial score (nSPS) is 18.9. The lowest BCUT2D eigenvalue weighted by Gasteiger charge is -2.29. The van der Waals surface area contributed by atoms with Crippen molar-refractivity contribution in [2.45, 2.75) is 54.4 Å². The molecule has 0 aromatic heterocycles. The SMILES string of the molecule is CC1=CC(C)=C(c2cc(C)c(O)c(C(C)C)c2)C(C(C)C)C1=O. The highest BCUT2D eigenvalue weighted by atomic mass is 16.3. The molecule has 1 atom stereocenters. The maximum absolute atomic E-state index is 12.7. The molecule has 0 saturated carbocycles. The Bertz CT molecular complexity index is 703. The summed E-state index contributed by atoms with van der Waals surface area (Å²) >= 11 is 0. The molecular formula is C21H28O2. The molecule has 1 unspecified atom stereocenters. The third-order valence-corrected chi connectivity index (χ3v) is 4.77. The minimum absolute atomic E-state index is 0.107. The highest BCUT2D eigenvalue weighted by molar-refractivity contribution is 6.07. The molecule has 0 radical (unpaired) electrons. The van der Waals surface area contributed by atoms with Crippen LogP contribution in [0.15, 0.2) is 29.4 Å². The van der Waals surface area contributed by atoms with Crippen LogP contribution in [0.2, 0.25) is 0 Å². The molecule has 1 aromatic rings. The van der Waals surface area contributed by atoms with E-state index in [0.29, 0.717) is 5.75 Å². The standard InChI is InChI=1S/C21H28O2/c1-11(2)17-10-16(9-15(7)20(17)22)19-13(5)8-14(6)21(23)18(19)12(3)4/h8-12,18,22H,1-7H3. The Morgan fingerprint density at radius 1 is 1.04 bits per heavy atom. The summed E-state index contributed by atoms with van der Waals surface area (Å²) in [6, 6.07) is 4.07. The Labute approximate surface area is 139 Å². The average molecular weight is 312 g/mol. The maximum atomic E-state index is 12.7. The zero-order valence-electron chi connectivity index (χ0n) is 15.3. The summed E-state index contributed by atoms with van der Waals surface area (Å²) in [5, 5.41) is 10.3. The number of carbonyl (C=O) groups excluding carboxylic acids is 1. The van der Waals surface area contributed by atoms with Crippen molar-refractivity contribution < 1.29 is 9.90 Å². The molecule has 1 aromatic carbocycles. The number of rotatable bonds is 3. The summed E-state index contributed by atoms with van der Waals surface area (Å²) in [6.45, 7) is 14.3. The van der Waals surface area contributed by atoms with E-state index in [-0.39, 0.29) is 23.5 Å². The highest BCUT2D eigenvalue weighted by Gasteiger charge is 2.32. The summed E-state index contributed by atoms with van der Waals surface area (Å²) in [5.74, 6) is 0.967. The van der Waals surface area contributed by atoms with Gasteiger partial charge in [0.25, 0.3) is 0 Å². The van der Waals surface area contributed by atoms with Crippen LogP contribution in [0.4, 0.5) is 0 Å². The van der Waals surface area contributed by atoms with Gasteiger partial charge in [-0.1, -0.05) is 33.8 Å². The van der Waals surface area contributed by atoms with Gasteiger partial charge >= 0.3 is 0 Å². The van der Waals surface area contributed by atoms with Gasteiger partial charge in [0.15, 0.2) is 5.78 Å². The monoisotopic (exact) mass is 312 g/mol. The molecule has 0 saturated heterocycles. The summed E-state index contributed by atoms with van der Waals surface area (Å²) in [4.78, 5) is 12.7. The van der Waals surface area contributed by atoms with Crippen LogP contribution in [0.1, 0.15) is 64.2 Å². The average Bonchev–Trinajstić information content (AvgIpc) is 2.44. The predicted octanol–water partition coefficient (Wildman–Crippen LogP) is 5.40. The second-order valence-corrected chi connectivity index (χ2v) is 7.40. The largest absolute Gasteiger partial charge is 0.507 e. The molecule has 124 valence electrons. The number of hydrogen-bond donors (Lipinski definition) is 1. The van der Waals surface area contributed by atoms with Crippen LogP contribution in [-0.2, 0) is 4.79 Å². The van der Waals surface area contributed by atoms with Gasteiger partial charge in [-0.05, 0) is 78.1 Å². The van der Waals surface area contributed by atoms with Crippen LogP contribution in [0.5, 0.6) is 5.75 Å². The Morgan fingerprint density at radius 2 is 1.65 bits per heavy atom. The Balaban J connectivity index is 2.72. The quantitative estimate of drug-likeness (QED) is 0.811. The minimum Gasteiger partial charge on any atom is -0.507 e. The first-order chi connectivity index (χ1) is 10.6. The highest BCUT2D eigenvalue weighted by Crippen LogP contribution is 2.41. The van der Waals surface area contributed by atoms with Crippen LogP contribution in [-0.4, -0.2) is 10.9 Å². The number of phenolic OH excluding ortho intramolecular Hbond substituents is 1. The third kappa shape index (κ3) is 3.12. The van der Waals surface area contributed by atoms with Crippen LogP contribution < -0.4 is 0 Å². The van der Waals surface area contributed by atoms with E-state index < -0.39 is 0 Å². The van der Waals surface area contributed by atoms with Crippen molar-refractivity contribution in [2.24, 2.45) is 11.8 Å². The second-order valence-electron chi connectivity index (χ2n) is 7.40. The zero-order valence-corrected chi connectivity index (χ0v) is 15.3. The molecule has 0 fully saturated rings. The molecule has 1 N–H and O–H groups in total. The first kappa shape index (κ1) is 17.5. The molecule has 2 nitrogen and oxygen atoms in total. The van der Waals surface area contributed by atoms with Crippen molar-refractivity contribution in [2.75, 3.05) is 0 Å². The van der Waals surface area contributed by atoms with E-state index in [2.05, 4.69) is 40.7 Å². The lowest BCUT2D eigenvalue weighted by Crippen LogP contribution is -2.26. The number of aryl methyl sites for hydroxylation is 1. The number of Topliss-reactive ketones (excluding diaryl/α,β-unsaturated/α-hetero) is 1. The van der Waals surface area contributed by atoms with Crippen molar-refractivity contribution in [3.05, 3.63) is 46.0 Å². The Kier molecular flexibility index (Phi) is 4.84. The van der Waals surface area contributed by atoms with Crippen LogP contribution >= 0.6 is 0 Å². The summed E-state index contributed by atoms with van der Waals surface area (Å²) in [6.07, 6.45) is 1.99. The molecule has 1 aliphatic carbocycles. The van der Waals surface area contributed by atoms with Gasteiger partial charge in [-0.2, -0.15) is 0 Å². The Hall–Kier alpha value is -1.83. The van der Waals surface area contributed by atoms with E-state index in [1.54, 1.807) is 0 Å². The zero-order chi connectivity index (χ0) is 17.5. The van der Waals surface area contributed by atoms with E-state index in [0.717, 1.165) is 33.4 Å². The number of aromatic hydroxyl groups is 1. The molecule has 2 heteroatoms. The van der Waals surface area contributed by atoms with Gasteiger partial charge in [0.2, 0.25) is 0 Å². The van der Waals surface area contributed by atoms with E-state index in [9.17, 15) is 9.90 Å². The molecule has 1 aliphatic rings. The second kappa shape index (κ2) is 6.35. The van der Waals surface area contributed by atoms with Gasteiger partial charge < -0.3 is 5.11 Å². The molecular weight excluding hydrogens is 284 g/mol. The fourth-order valence-electron chi connectivity index (χ4n) is 3.54. The number of allylic oxidation sites excluding steroid dienone is 4. The number of hydrogen-bond acceptors (Lipinski definition) is 2. The molecule has 0 spiro atoms. The molecule has 0 bridgehead atoms. The van der Waals surface area contributed by atoms with Crippen LogP contribution in [0.25, 0.3) is 5.57 Å². The number of phenols is 1. The van der Waals surface area contributed by atoms with Gasteiger partial charge in [0, 0.05) is 0 Å². The topological polar surface area (TPSA) is 37.3 Å². The molecule has 2 rings (SSSR count). The van der Waals surface area contributed by atoms with Crippen molar-refractivity contribution in [3.8, 4) is 5.75 Å². The maximum Gasteiger partial charge on any atom is 0.166 e. The molecule has 23 heavy (non-hydrogen) atoms. The fraction of sp³-hybridized carbons (Fsp3) is 0.476. The van der Waals surface area contributed by atoms with Gasteiger partial charge in [0.1, 0.15) is 5.75 Å². The van der Waals surface area contributed by atoms with E-state index in [4.69, 9.17) is 0 Å². The first-order valence-corrected chi connectivity index (χ1v) is 8.42. The minimum atomic E-state index is -0.107. The summed E-state index contributed by atoms with van der Waals surface area (Å²) in [7, 11) is 0. The molecule has 0 amide bonds. The third-order valence-electron chi connectivity index (χ3n) is 4.77. The summed E-state index contributed by atoms with van der Waals surface area (Å²) in [5.41, 5.74) is 5.98. The van der Waals surface area contributed by atoms with Crippen molar-refractivity contribution >= 4 is 11.4 Å². The Morgan fingerprint density at radius 3 is 2.17 bits per heavy atom.